The van der Waals surface area contributed by atoms with Crippen molar-refractivity contribution in [1.29, 1.82) is 0 Å². The van der Waals surface area contributed by atoms with Crippen LogP contribution in [0, 0.1) is 45.3 Å². The molecule has 8 atom stereocenters. The molecule has 0 radical (unpaired) electrons. The standard InChI is InChI=1S/C33H51NO5/c1-19(2)26-22(36)18-33(34-28(37)38-9)17-16-31(7)21(27(26)33)10-11-24-30(6)14-13-25(39-20(3)35)29(4,5)23(30)12-15-32(24,31)8/h19,21,23-25H,10-18H2,1-9H3,(H,34,37)/t21?,23?,24?,25-,30-,31+,32+,33+/m0/s1. The molecule has 5 aliphatic carbocycles. The predicted octanol–water partition coefficient (Wildman–Crippen LogP) is 7.01. The Bertz CT molecular complexity index is 1110. The molecule has 6 heteroatoms. The van der Waals surface area contributed by atoms with E-state index >= 15 is 0 Å². The fourth-order valence-electron chi connectivity index (χ4n) is 11.4. The van der Waals surface area contributed by atoms with Gasteiger partial charge in [-0.25, -0.2) is 4.79 Å². The second-order valence-electron chi connectivity index (χ2n) is 15.4. The van der Waals surface area contributed by atoms with Gasteiger partial charge < -0.3 is 14.8 Å². The summed E-state index contributed by atoms with van der Waals surface area (Å²) in [7, 11) is 1.41. The highest BCUT2D eigenvalue weighted by molar-refractivity contribution is 6.02. The van der Waals surface area contributed by atoms with Gasteiger partial charge in [-0.3, -0.25) is 9.59 Å². The molecule has 0 saturated heterocycles. The number of hydrogen-bond donors (Lipinski definition) is 1. The highest BCUT2D eigenvalue weighted by atomic mass is 16.5. The first-order valence-corrected chi connectivity index (χ1v) is 15.4. The number of esters is 1. The number of ether oxygens (including phenoxy) is 2. The molecular formula is C33H51NO5. The lowest BCUT2D eigenvalue weighted by atomic mass is 9.33. The van der Waals surface area contributed by atoms with Crippen LogP contribution in [0.4, 0.5) is 4.79 Å². The largest absolute Gasteiger partial charge is 0.462 e. The summed E-state index contributed by atoms with van der Waals surface area (Å²) in [6.07, 6.45) is 8.18. The summed E-state index contributed by atoms with van der Waals surface area (Å²) in [4.78, 5) is 38.1. The molecule has 4 fully saturated rings. The van der Waals surface area contributed by atoms with Crippen LogP contribution in [-0.2, 0) is 19.1 Å². The molecule has 5 rings (SSSR count). The van der Waals surface area contributed by atoms with Crippen molar-refractivity contribution >= 4 is 17.8 Å². The first-order valence-electron chi connectivity index (χ1n) is 15.4. The summed E-state index contributed by atoms with van der Waals surface area (Å²) in [6.45, 7) is 18.1. The van der Waals surface area contributed by atoms with Gasteiger partial charge in [0.2, 0.25) is 0 Å². The van der Waals surface area contributed by atoms with Crippen LogP contribution in [0.2, 0.25) is 0 Å². The number of alkyl carbamates (subject to hydrolysis) is 1. The van der Waals surface area contributed by atoms with Crippen LogP contribution in [0.5, 0.6) is 0 Å². The van der Waals surface area contributed by atoms with Gasteiger partial charge in [0.05, 0.1) is 12.6 Å². The molecule has 0 aromatic carbocycles. The van der Waals surface area contributed by atoms with Gasteiger partial charge in [-0.2, -0.15) is 0 Å². The Labute approximate surface area is 235 Å². The number of fused-ring (bicyclic) bond motifs is 7. The molecular weight excluding hydrogens is 490 g/mol. The number of methoxy groups -OCH3 is 1. The van der Waals surface area contributed by atoms with E-state index in [0.29, 0.717) is 18.3 Å². The molecule has 4 saturated carbocycles. The fraction of sp³-hybridized carbons (Fsp3) is 0.848. The predicted molar refractivity (Wildman–Crippen MR) is 151 cm³/mol. The zero-order valence-electron chi connectivity index (χ0n) is 25.8. The first-order chi connectivity index (χ1) is 18.1. The number of carbonyl (C=O) groups excluding carboxylic acids is 3. The molecule has 1 N–H and O–H groups in total. The molecule has 39 heavy (non-hydrogen) atoms. The highest BCUT2D eigenvalue weighted by Crippen LogP contribution is 2.75. The zero-order valence-corrected chi connectivity index (χ0v) is 25.8. The van der Waals surface area contributed by atoms with Gasteiger partial charge in [-0.15, -0.1) is 0 Å². The van der Waals surface area contributed by atoms with Gasteiger partial charge in [0.25, 0.3) is 0 Å². The maximum Gasteiger partial charge on any atom is 0.407 e. The highest BCUT2D eigenvalue weighted by Gasteiger charge is 2.70. The lowest BCUT2D eigenvalue weighted by molar-refractivity contribution is -0.231. The van der Waals surface area contributed by atoms with Crippen molar-refractivity contribution in [2.45, 2.75) is 125 Å². The van der Waals surface area contributed by atoms with Crippen molar-refractivity contribution < 1.29 is 23.9 Å². The third kappa shape index (κ3) is 3.81. The quantitative estimate of drug-likeness (QED) is 0.389. The molecule has 0 aliphatic heterocycles. The lowest BCUT2D eigenvalue weighted by Crippen LogP contribution is -2.67. The molecule has 6 nitrogen and oxygen atoms in total. The SMILES string of the molecule is COC(=O)N[C@@]12CC[C@]3(C)C(CCC4[C@@]5(C)CC[C@H](OC(C)=O)C(C)(C)C5CC[C@]43C)C1=C(C(C)C)C(=O)C2. The van der Waals surface area contributed by atoms with E-state index in [9.17, 15) is 14.4 Å². The van der Waals surface area contributed by atoms with E-state index in [4.69, 9.17) is 9.47 Å². The van der Waals surface area contributed by atoms with Crippen LogP contribution < -0.4 is 5.32 Å². The average molecular weight is 542 g/mol. The summed E-state index contributed by atoms with van der Waals surface area (Å²) >= 11 is 0. The van der Waals surface area contributed by atoms with Crippen molar-refractivity contribution in [3.63, 3.8) is 0 Å². The van der Waals surface area contributed by atoms with E-state index in [1.165, 1.54) is 19.6 Å². The topological polar surface area (TPSA) is 81.7 Å². The van der Waals surface area contributed by atoms with Crippen LogP contribution in [-0.4, -0.2) is 36.6 Å². The first kappa shape index (κ1) is 28.7. The molecule has 1 amide bonds. The minimum absolute atomic E-state index is 0.0210. The second-order valence-corrected chi connectivity index (χ2v) is 15.4. The van der Waals surface area contributed by atoms with E-state index in [1.807, 2.05) is 0 Å². The van der Waals surface area contributed by atoms with Crippen molar-refractivity contribution in [3.8, 4) is 0 Å². The molecule has 0 heterocycles. The minimum Gasteiger partial charge on any atom is -0.462 e. The third-order valence-corrected chi connectivity index (χ3v) is 13.2. The number of rotatable bonds is 3. The number of allylic oxidation sites excluding steroid dienone is 1. The Morgan fingerprint density at radius 1 is 0.897 bits per heavy atom. The maximum absolute atomic E-state index is 13.5. The van der Waals surface area contributed by atoms with E-state index in [1.54, 1.807) is 0 Å². The van der Waals surface area contributed by atoms with Gasteiger partial charge in [0.1, 0.15) is 6.10 Å². The van der Waals surface area contributed by atoms with Gasteiger partial charge in [0.15, 0.2) is 5.78 Å². The molecule has 0 aromatic rings. The Morgan fingerprint density at radius 3 is 2.21 bits per heavy atom. The third-order valence-electron chi connectivity index (χ3n) is 13.2. The Kier molecular flexibility index (Phi) is 6.67. The zero-order chi connectivity index (χ0) is 28.8. The van der Waals surface area contributed by atoms with Crippen molar-refractivity contribution in [3.05, 3.63) is 11.1 Å². The number of amides is 1. The summed E-state index contributed by atoms with van der Waals surface area (Å²) in [5, 5.41) is 3.20. The van der Waals surface area contributed by atoms with Gasteiger partial charge in [0, 0.05) is 18.8 Å². The number of hydrogen-bond acceptors (Lipinski definition) is 5. The van der Waals surface area contributed by atoms with Gasteiger partial charge >= 0.3 is 12.1 Å². The van der Waals surface area contributed by atoms with Crippen LogP contribution >= 0.6 is 0 Å². The van der Waals surface area contributed by atoms with Crippen LogP contribution in [0.1, 0.15) is 113 Å². The molecule has 0 aromatic heterocycles. The van der Waals surface area contributed by atoms with Crippen LogP contribution in [0.3, 0.4) is 0 Å². The van der Waals surface area contributed by atoms with Crippen molar-refractivity contribution in [2.24, 2.45) is 45.3 Å². The number of Topliss-reactive ketones (excluding diaryl/α,β-unsaturated/α-hetero) is 1. The van der Waals surface area contributed by atoms with E-state index in [0.717, 1.165) is 56.9 Å². The monoisotopic (exact) mass is 541 g/mol. The summed E-state index contributed by atoms with van der Waals surface area (Å²) in [6, 6.07) is 0. The Morgan fingerprint density at radius 2 is 1.59 bits per heavy atom. The normalized spacial score (nSPS) is 44.6. The van der Waals surface area contributed by atoms with Crippen LogP contribution in [0.15, 0.2) is 11.1 Å². The minimum atomic E-state index is -0.609. The van der Waals surface area contributed by atoms with Crippen LogP contribution in [0.25, 0.3) is 0 Å². The summed E-state index contributed by atoms with van der Waals surface area (Å²) in [5.74, 6) is 1.52. The van der Waals surface area contributed by atoms with Gasteiger partial charge in [-0.05, 0) is 102 Å². The second kappa shape index (κ2) is 9.08. The average Bonchev–Trinajstić information content (AvgIpc) is 3.13. The Hall–Kier alpha value is -1.85. The van der Waals surface area contributed by atoms with E-state index in [2.05, 4.69) is 53.8 Å². The Balaban J connectivity index is 1.55. The molecule has 3 unspecified atom stereocenters. The summed E-state index contributed by atoms with van der Waals surface area (Å²) in [5.41, 5.74) is 1.88. The molecule has 5 aliphatic rings. The smallest absolute Gasteiger partial charge is 0.407 e. The number of carbonyl (C=O) groups is 3. The number of ketones is 1. The summed E-state index contributed by atoms with van der Waals surface area (Å²) < 4.78 is 11.0. The molecule has 0 bridgehead atoms. The maximum atomic E-state index is 13.5. The van der Waals surface area contributed by atoms with Crippen molar-refractivity contribution in [2.75, 3.05) is 7.11 Å². The molecule has 0 spiro atoms. The van der Waals surface area contributed by atoms with E-state index in [-0.39, 0.29) is 51.4 Å². The number of nitrogens with one attached hydrogen (secondary N) is 1. The lowest BCUT2D eigenvalue weighted by Gasteiger charge is -2.72. The van der Waals surface area contributed by atoms with Gasteiger partial charge in [-0.1, -0.05) is 48.5 Å². The van der Waals surface area contributed by atoms with E-state index < -0.39 is 11.6 Å². The van der Waals surface area contributed by atoms with Crippen molar-refractivity contribution in [1.82, 2.24) is 5.32 Å². The fourth-order valence-corrected chi connectivity index (χ4v) is 11.4. The molecule has 218 valence electrons.